The molecule has 0 fully saturated rings. The number of aryl methyl sites for hydroxylation is 1. The van der Waals surface area contributed by atoms with Crippen molar-refractivity contribution in [2.75, 3.05) is 11.4 Å². The maximum Gasteiger partial charge on any atom is 0.258 e. The van der Waals surface area contributed by atoms with Crippen LogP contribution in [0.5, 0.6) is 5.75 Å². The number of benzene rings is 3. The number of carbonyl (C=O) groups excluding carboxylic acids is 1. The van der Waals surface area contributed by atoms with E-state index < -0.39 is 0 Å². The molecule has 0 aromatic heterocycles. The van der Waals surface area contributed by atoms with E-state index in [2.05, 4.69) is 0 Å². The number of hydrogen-bond acceptors (Lipinski definition) is 2. The Bertz CT molecular complexity index is 857. The molecule has 0 radical (unpaired) electrons. The van der Waals surface area contributed by atoms with Crippen molar-refractivity contribution in [1.29, 1.82) is 0 Å². The number of nitrogens with zero attached hydrogens (tertiary/aromatic N) is 1. The molecule has 3 nitrogen and oxygen atoms in total. The highest BCUT2D eigenvalue weighted by atomic mass is 16.5. The summed E-state index contributed by atoms with van der Waals surface area (Å²) in [5.41, 5.74) is 3.76. The minimum Gasteiger partial charge on any atom is -0.489 e. The zero-order valence-corrected chi connectivity index (χ0v) is 15.2. The number of amides is 1. The van der Waals surface area contributed by atoms with E-state index in [-0.39, 0.29) is 5.91 Å². The van der Waals surface area contributed by atoms with Gasteiger partial charge in [0.2, 0.25) is 0 Å². The molecule has 3 aromatic rings. The van der Waals surface area contributed by atoms with Crippen molar-refractivity contribution in [2.45, 2.75) is 20.5 Å². The van der Waals surface area contributed by atoms with Crippen molar-refractivity contribution >= 4 is 11.6 Å². The molecule has 0 saturated heterocycles. The molecule has 0 heterocycles. The lowest BCUT2D eigenvalue weighted by Crippen LogP contribution is -2.31. The predicted molar refractivity (Wildman–Crippen MR) is 106 cm³/mol. The zero-order valence-electron chi connectivity index (χ0n) is 15.2. The molecule has 3 heteroatoms. The largest absolute Gasteiger partial charge is 0.489 e. The summed E-state index contributed by atoms with van der Waals surface area (Å²) in [5.74, 6) is 0.849. The van der Waals surface area contributed by atoms with Gasteiger partial charge in [-0.15, -0.1) is 0 Å². The van der Waals surface area contributed by atoms with E-state index >= 15 is 0 Å². The molecular weight excluding hydrogens is 322 g/mol. The molecule has 0 aliphatic heterocycles. The van der Waals surface area contributed by atoms with Crippen LogP contribution in [0.2, 0.25) is 0 Å². The van der Waals surface area contributed by atoms with Gasteiger partial charge in [0.05, 0.1) is 0 Å². The monoisotopic (exact) mass is 345 g/mol. The Morgan fingerprint density at radius 3 is 2.19 bits per heavy atom. The standard InChI is InChI=1S/C23H23NO2/c1-3-24(22-12-8-7-9-18(22)2)23(25)20-15-13-19(14-16-20)17-26-21-10-5-4-6-11-21/h4-16H,3,17H2,1-2H3. The lowest BCUT2D eigenvalue weighted by molar-refractivity contribution is 0.0988. The third kappa shape index (κ3) is 4.12. The third-order valence-electron chi connectivity index (χ3n) is 4.32. The fourth-order valence-electron chi connectivity index (χ4n) is 2.87. The Kier molecular flexibility index (Phi) is 5.69. The van der Waals surface area contributed by atoms with E-state index in [1.807, 2.05) is 97.6 Å². The molecule has 0 bridgehead atoms. The van der Waals surface area contributed by atoms with Crippen LogP contribution in [0.1, 0.15) is 28.4 Å². The Balaban J connectivity index is 1.71. The Morgan fingerprint density at radius 2 is 1.54 bits per heavy atom. The van der Waals surface area contributed by atoms with Crippen molar-refractivity contribution in [3.8, 4) is 5.75 Å². The Morgan fingerprint density at radius 1 is 0.885 bits per heavy atom. The van der Waals surface area contributed by atoms with Crippen LogP contribution < -0.4 is 9.64 Å². The van der Waals surface area contributed by atoms with Crippen molar-refractivity contribution < 1.29 is 9.53 Å². The van der Waals surface area contributed by atoms with Gasteiger partial charge >= 0.3 is 0 Å². The SMILES string of the molecule is CCN(C(=O)c1ccc(COc2ccccc2)cc1)c1ccccc1C. The average molecular weight is 345 g/mol. The zero-order chi connectivity index (χ0) is 18.4. The first-order valence-electron chi connectivity index (χ1n) is 8.83. The first kappa shape index (κ1) is 17.7. The number of carbonyl (C=O) groups is 1. The second-order valence-corrected chi connectivity index (χ2v) is 6.13. The van der Waals surface area contributed by atoms with Crippen LogP contribution in [-0.4, -0.2) is 12.5 Å². The molecule has 0 unspecified atom stereocenters. The molecule has 0 aliphatic rings. The van der Waals surface area contributed by atoms with Crippen LogP contribution in [0.15, 0.2) is 78.9 Å². The van der Waals surface area contributed by atoms with Gasteiger partial charge in [-0.2, -0.15) is 0 Å². The van der Waals surface area contributed by atoms with Crippen molar-refractivity contribution in [3.05, 3.63) is 95.6 Å². The van der Waals surface area contributed by atoms with E-state index in [9.17, 15) is 4.79 Å². The molecule has 132 valence electrons. The second-order valence-electron chi connectivity index (χ2n) is 6.13. The van der Waals surface area contributed by atoms with E-state index in [4.69, 9.17) is 4.74 Å². The number of rotatable bonds is 6. The molecular formula is C23H23NO2. The van der Waals surface area contributed by atoms with E-state index in [0.717, 1.165) is 22.6 Å². The normalized spacial score (nSPS) is 10.4. The molecule has 1 amide bonds. The predicted octanol–water partition coefficient (Wildman–Crippen LogP) is 5.24. The summed E-state index contributed by atoms with van der Waals surface area (Å²) in [4.78, 5) is 14.7. The van der Waals surface area contributed by atoms with E-state index in [0.29, 0.717) is 18.7 Å². The quantitative estimate of drug-likeness (QED) is 0.611. The van der Waals surface area contributed by atoms with Gasteiger partial charge in [-0.25, -0.2) is 0 Å². The summed E-state index contributed by atoms with van der Waals surface area (Å²) in [6, 6.07) is 25.3. The van der Waals surface area contributed by atoms with E-state index in [1.165, 1.54) is 0 Å². The van der Waals surface area contributed by atoms with Crippen LogP contribution in [0, 0.1) is 6.92 Å². The maximum atomic E-state index is 12.9. The average Bonchev–Trinajstić information content (AvgIpc) is 2.69. The first-order chi connectivity index (χ1) is 12.7. The molecule has 3 rings (SSSR count). The summed E-state index contributed by atoms with van der Waals surface area (Å²) < 4.78 is 5.75. The van der Waals surface area contributed by atoms with E-state index in [1.54, 1.807) is 0 Å². The van der Waals surface area contributed by atoms with Crippen LogP contribution in [0.25, 0.3) is 0 Å². The second kappa shape index (κ2) is 8.34. The lowest BCUT2D eigenvalue weighted by Gasteiger charge is -2.23. The number of ether oxygens (including phenoxy) is 1. The van der Waals surface area contributed by atoms with Crippen molar-refractivity contribution in [1.82, 2.24) is 0 Å². The molecule has 0 spiro atoms. The van der Waals surface area contributed by atoms with Crippen LogP contribution in [0.4, 0.5) is 5.69 Å². The van der Waals surface area contributed by atoms with Crippen LogP contribution in [0.3, 0.4) is 0 Å². The summed E-state index contributed by atoms with van der Waals surface area (Å²) in [7, 11) is 0. The number of hydrogen-bond donors (Lipinski definition) is 0. The minimum atomic E-state index is 0.0114. The van der Waals surface area contributed by atoms with Gasteiger partial charge in [0, 0.05) is 17.8 Å². The van der Waals surface area contributed by atoms with Gasteiger partial charge < -0.3 is 9.64 Å². The molecule has 3 aromatic carbocycles. The van der Waals surface area contributed by atoms with Gasteiger partial charge in [0.25, 0.3) is 5.91 Å². The lowest BCUT2D eigenvalue weighted by atomic mass is 10.1. The molecule has 0 aliphatic carbocycles. The topological polar surface area (TPSA) is 29.5 Å². The fraction of sp³-hybridized carbons (Fsp3) is 0.174. The molecule has 0 atom stereocenters. The fourth-order valence-corrected chi connectivity index (χ4v) is 2.87. The van der Waals surface area contributed by atoms with Crippen molar-refractivity contribution in [3.63, 3.8) is 0 Å². The van der Waals surface area contributed by atoms with Crippen LogP contribution >= 0.6 is 0 Å². The van der Waals surface area contributed by atoms with Gasteiger partial charge in [0.15, 0.2) is 0 Å². The summed E-state index contributed by atoms with van der Waals surface area (Å²) >= 11 is 0. The van der Waals surface area contributed by atoms with Gasteiger partial charge in [0.1, 0.15) is 12.4 Å². The summed E-state index contributed by atoms with van der Waals surface area (Å²) in [6.45, 7) is 5.12. The smallest absolute Gasteiger partial charge is 0.258 e. The molecule has 0 saturated carbocycles. The minimum absolute atomic E-state index is 0.0114. The Hall–Kier alpha value is -3.07. The highest BCUT2D eigenvalue weighted by Crippen LogP contribution is 2.22. The maximum absolute atomic E-state index is 12.9. The van der Waals surface area contributed by atoms with Crippen LogP contribution in [-0.2, 0) is 6.61 Å². The molecule has 26 heavy (non-hydrogen) atoms. The van der Waals surface area contributed by atoms with Crippen molar-refractivity contribution in [2.24, 2.45) is 0 Å². The van der Waals surface area contributed by atoms with Gasteiger partial charge in [-0.3, -0.25) is 4.79 Å². The highest BCUT2D eigenvalue weighted by molar-refractivity contribution is 6.06. The van der Waals surface area contributed by atoms with Gasteiger partial charge in [-0.1, -0.05) is 48.5 Å². The molecule has 0 N–H and O–H groups in total. The highest BCUT2D eigenvalue weighted by Gasteiger charge is 2.17. The summed E-state index contributed by atoms with van der Waals surface area (Å²) in [5, 5.41) is 0. The first-order valence-corrected chi connectivity index (χ1v) is 8.83. The number of para-hydroxylation sites is 2. The third-order valence-corrected chi connectivity index (χ3v) is 4.32. The summed E-state index contributed by atoms with van der Waals surface area (Å²) in [6.07, 6.45) is 0. The number of anilines is 1. The Labute approximate surface area is 154 Å². The van der Waals surface area contributed by atoms with Gasteiger partial charge in [-0.05, 0) is 55.3 Å².